The molecule has 98 valence electrons. The predicted molar refractivity (Wildman–Crippen MR) is 68.7 cm³/mol. The number of halogens is 1. The van der Waals surface area contributed by atoms with E-state index in [1.165, 1.54) is 12.1 Å². The summed E-state index contributed by atoms with van der Waals surface area (Å²) in [6.07, 6.45) is 0. The summed E-state index contributed by atoms with van der Waals surface area (Å²) >= 11 is 5.66. The summed E-state index contributed by atoms with van der Waals surface area (Å²) < 4.78 is 0. The van der Waals surface area contributed by atoms with Gasteiger partial charge in [0.1, 0.15) is 5.56 Å². The molecule has 1 unspecified atom stereocenters. The van der Waals surface area contributed by atoms with Gasteiger partial charge in [0.15, 0.2) is 0 Å². The lowest BCUT2D eigenvalue weighted by Crippen LogP contribution is -2.31. The zero-order valence-corrected chi connectivity index (χ0v) is 10.6. The van der Waals surface area contributed by atoms with Crippen molar-refractivity contribution in [3.63, 3.8) is 0 Å². The molecule has 0 saturated heterocycles. The largest absolute Gasteiger partial charge is 0.352 e. The van der Waals surface area contributed by atoms with Gasteiger partial charge in [-0.3, -0.25) is 14.9 Å². The first-order valence-corrected chi connectivity index (χ1v) is 5.75. The Labute approximate surface area is 109 Å². The molecule has 1 aromatic carbocycles. The minimum atomic E-state index is -0.632. The van der Waals surface area contributed by atoms with Gasteiger partial charge in [-0.05, 0) is 24.6 Å². The van der Waals surface area contributed by atoms with Crippen LogP contribution < -0.4 is 11.1 Å². The van der Waals surface area contributed by atoms with Crippen LogP contribution in [0.5, 0.6) is 0 Å². The second-order valence-electron chi connectivity index (χ2n) is 3.97. The molecule has 7 heteroatoms. The molecule has 0 aliphatic carbocycles. The molecular weight excluding hydrogens is 258 g/mol. The van der Waals surface area contributed by atoms with Gasteiger partial charge in [-0.25, -0.2) is 0 Å². The normalized spacial score (nSPS) is 11.9. The van der Waals surface area contributed by atoms with Gasteiger partial charge >= 0.3 is 0 Å². The molecule has 0 saturated carbocycles. The highest BCUT2D eigenvalue weighted by Gasteiger charge is 2.20. The highest BCUT2D eigenvalue weighted by atomic mass is 35.5. The van der Waals surface area contributed by atoms with Crippen LogP contribution in [-0.4, -0.2) is 23.9 Å². The van der Waals surface area contributed by atoms with E-state index < -0.39 is 10.8 Å². The molecule has 1 amide bonds. The Bertz CT molecular complexity index is 465. The summed E-state index contributed by atoms with van der Waals surface area (Å²) in [7, 11) is 0. The van der Waals surface area contributed by atoms with Gasteiger partial charge in [0.05, 0.1) is 4.92 Å². The number of nitrogens with one attached hydrogen (secondary N) is 1. The van der Waals surface area contributed by atoms with E-state index in [-0.39, 0.29) is 22.2 Å². The Morgan fingerprint density at radius 3 is 2.83 bits per heavy atom. The van der Waals surface area contributed by atoms with E-state index >= 15 is 0 Å². The zero-order chi connectivity index (χ0) is 13.7. The van der Waals surface area contributed by atoms with Crippen LogP contribution in [0.3, 0.4) is 0 Å². The SMILES string of the molecule is CC(CN)CNC(=O)c1ccc(Cl)cc1[N+](=O)[O-]. The lowest BCUT2D eigenvalue weighted by atomic mass is 10.1. The number of nitrogens with two attached hydrogens (primary N) is 1. The predicted octanol–water partition coefficient (Wildman–Crippen LogP) is 1.57. The molecule has 1 rings (SSSR count). The lowest BCUT2D eigenvalue weighted by Gasteiger charge is -2.10. The van der Waals surface area contributed by atoms with Crippen molar-refractivity contribution in [1.82, 2.24) is 5.32 Å². The molecular formula is C11H14ClN3O3. The quantitative estimate of drug-likeness (QED) is 0.627. The summed E-state index contributed by atoms with van der Waals surface area (Å²) in [5, 5.41) is 13.6. The summed E-state index contributed by atoms with van der Waals surface area (Å²) in [6.45, 7) is 2.68. The van der Waals surface area contributed by atoms with E-state index in [0.29, 0.717) is 13.1 Å². The smallest absolute Gasteiger partial charge is 0.283 e. The van der Waals surface area contributed by atoms with Gasteiger partial charge in [0.2, 0.25) is 0 Å². The van der Waals surface area contributed by atoms with Crippen molar-refractivity contribution in [3.05, 3.63) is 38.9 Å². The Hall–Kier alpha value is -1.66. The van der Waals surface area contributed by atoms with Crippen molar-refractivity contribution in [2.24, 2.45) is 11.7 Å². The molecule has 6 nitrogen and oxygen atoms in total. The van der Waals surface area contributed by atoms with Crippen molar-refractivity contribution in [3.8, 4) is 0 Å². The average Bonchev–Trinajstić information content (AvgIpc) is 2.35. The number of nitro benzene ring substituents is 1. The summed E-state index contributed by atoms with van der Waals surface area (Å²) in [5.74, 6) is -0.390. The molecule has 0 heterocycles. The fraction of sp³-hybridized carbons (Fsp3) is 0.364. The van der Waals surface area contributed by atoms with Crippen molar-refractivity contribution >= 4 is 23.2 Å². The number of amides is 1. The number of benzene rings is 1. The Morgan fingerprint density at radius 1 is 1.61 bits per heavy atom. The van der Waals surface area contributed by atoms with Crippen LogP contribution in [0.25, 0.3) is 0 Å². The Balaban J connectivity index is 2.88. The molecule has 0 aromatic heterocycles. The van der Waals surface area contributed by atoms with Gasteiger partial charge < -0.3 is 11.1 Å². The fourth-order valence-electron chi connectivity index (χ4n) is 1.29. The monoisotopic (exact) mass is 271 g/mol. The standard InChI is InChI=1S/C11H14ClN3O3/c1-7(5-13)6-14-11(16)9-3-2-8(12)4-10(9)15(17)18/h2-4,7H,5-6,13H2,1H3,(H,14,16). The number of nitrogens with zero attached hydrogens (tertiary/aromatic N) is 1. The molecule has 0 radical (unpaired) electrons. The number of carbonyl (C=O) groups excluding carboxylic acids is 1. The molecule has 0 aliphatic rings. The molecule has 1 aromatic rings. The highest BCUT2D eigenvalue weighted by Crippen LogP contribution is 2.23. The number of hydrogen-bond acceptors (Lipinski definition) is 4. The Kier molecular flexibility index (Phi) is 5.06. The van der Waals surface area contributed by atoms with Crippen LogP contribution in [-0.2, 0) is 0 Å². The van der Waals surface area contributed by atoms with Gasteiger partial charge in [-0.1, -0.05) is 18.5 Å². The van der Waals surface area contributed by atoms with Gasteiger partial charge in [0, 0.05) is 17.6 Å². The van der Waals surface area contributed by atoms with Crippen LogP contribution in [0, 0.1) is 16.0 Å². The fourth-order valence-corrected chi connectivity index (χ4v) is 1.46. The molecule has 1 atom stereocenters. The van der Waals surface area contributed by atoms with E-state index in [1.807, 2.05) is 6.92 Å². The van der Waals surface area contributed by atoms with Gasteiger partial charge in [0.25, 0.3) is 11.6 Å². The molecule has 0 spiro atoms. The summed E-state index contributed by atoms with van der Waals surface area (Å²) in [5.41, 5.74) is 5.11. The number of nitro groups is 1. The molecule has 0 aliphatic heterocycles. The van der Waals surface area contributed by atoms with Crippen LogP contribution >= 0.6 is 11.6 Å². The van der Waals surface area contributed by atoms with Gasteiger partial charge in [-0.2, -0.15) is 0 Å². The van der Waals surface area contributed by atoms with Crippen LogP contribution in [0.4, 0.5) is 5.69 Å². The van der Waals surface area contributed by atoms with Crippen LogP contribution in [0.15, 0.2) is 18.2 Å². The maximum absolute atomic E-state index is 11.8. The van der Waals surface area contributed by atoms with Crippen molar-refractivity contribution < 1.29 is 9.72 Å². The maximum Gasteiger partial charge on any atom is 0.283 e. The third-order valence-electron chi connectivity index (χ3n) is 2.41. The minimum absolute atomic E-state index is 0.00591. The highest BCUT2D eigenvalue weighted by molar-refractivity contribution is 6.31. The van der Waals surface area contributed by atoms with Crippen molar-refractivity contribution in [1.29, 1.82) is 0 Å². The van der Waals surface area contributed by atoms with E-state index in [0.717, 1.165) is 6.07 Å². The van der Waals surface area contributed by atoms with E-state index in [1.54, 1.807) is 0 Å². The van der Waals surface area contributed by atoms with Gasteiger partial charge in [-0.15, -0.1) is 0 Å². The van der Waals surface area contributed by atoms with E-state index in [4.69, 9.17) is 17.3 Å². The van der Waals surface area contributed by atoms with E-state index in [9.17, 15) is 14.9 Å². The summed E-state index contributed by atoms with van der Waals surface area (Å²) in [6, 6.07) is 3.93. The second-order valence-corrected chi connectivity index (χ2v) is 4.41. The second kappa shape index (κ2) is 6.32. The topological polar surface area (TPSA) is 98.3 Å². The Morgan fingerprint density at radius 2 is 2.28 bits per heavy atom. The molecule has 3 N–H and O–H groups in total. The van der Waals surface area contributed by atoms with Crippen LogP contribution in [0.2, 0.25) is 5.02 Å². The summed E-state index contributed by atoms with van der Waals surface area (Å²) in [4.78, 5) is 22.0. The number of carbonyl (C=O) groups is 1. The number of rotatable bonds is 5. The van der Waals surface area contributed by atoms with E-state index in [2.05, 4.69) is 5.32 Å². The first-order chi connectivity index (χ1) is 8.45. The average molecular weight is 272 g/mol. The zero-order valence-electron chi connectivity index (χ0n) is 9.85. The molecule has 0 bridgehead atoms. The minimum Gasteiger partial charge on any atom is -0.352 e. The maximum atomic E-state index is 11.8. The molecule has 18 heavy (non-hydrogen) atoms. The third kappa shape index (κ3) is 3.68. The van der Waals surface area contributed by atoms with Crippen molar-refractivity contribution in [2.75, 3.05) is 13.1 Å². The molecule has 0 fully saturated rings. The lowest BCUT2D eigenvalue weighted by molar-refractivity contribution is -0.385. The first-order valence-electron chi connectivity index (χ1n) is 5.38. The van der Waals surface area contributed by atoms with Crippen LogP contribution in [0.1, 0.15) is 17.3 Å². The third-order valence-corrected chi connectivity index (χ3v) is 2.65. The number of hydrogen-bond donors (Lipinski definition) is 2. The first kappa shape index (κ1) is 14.4. The van der Waals surface area contributed by atoms with Crippen molar-refractivity contribution in [2.45, 2.75) is 6.92 Å².